The quantitative estimate of drug-likeness (QED) is 0.710. The molecule has 0 saturated heterocycles. The molecule has 0 aliphatic heterocycles. The van der Waals surface area contributed by atoms with Gasteiger partial charge in [-0.05, 0) is 38.0 Å². The van der Waals surface area contributed by atoms with Gasteiger partial charge in [-0.2, -0.15) is 5.10 Å². The van der Waals surface area contributed by atoms with Crippen molar-refractivity contribution in [2.24, 2.45) is 5.41 Å². The van der Waals surface area contributed by atoms with E-state index in [-0.39, 0.29) is 17.4 Å². The summed E-state index contributed by atoms with van der Waals surface area (Å²) in [4.78, 5) is 35.5. The summed E-state index contributed by atoms with van der Waals surface area (Å²) < 4.78 is 1.49. The molecule has 1 heterocycles. The summed E-state index contributed by atoms with van der Waals surface area (Å²) in [5, 5.41) is 18.5. The summed E-state index contributed by atoms with van der Waals surface area (Å²) in [7, 11) is 1.51. The van der Waals surface area contributed by atoms with E-state index < -0.39 is 11.4 Å². The Bertz CT molecular complexity index is 867. The van der Waals surface area contributed by atoms with Crippen LogP contribution in [0.15, 0.2) is 30.5 Å². The topological polar surface area (TPSA) is 113 Å². The second kappa shape index (κ2) is 6.04. The van der Waals surface area contributed by atoms with E-state index in [1.165, 1.54) is 17.9 Å². The van der Waals surface area contributed by atoms with Gasteiger partial charge in [-0.25, -0.2) is 9.48 Å². The van der Waals surface area contributed by atoms with Gasteiger partial charge in [0, 0.05) is 12.7 Å². The monoisotopic (exact) mass is 342 g/mol. The van der Waals surface area contributed by atoms with Crippen molar-refractivity contribution in [1.29, 1.82) is 0 Å². The summed E-state index contributed by atoms with van der Waals surface area (Å²) in [5.74, 6) is -1.67. The number of benzene rings is 1. The molecule has 0 unspecified atom stereocenters. The first-order valence-corrected chi connectivity index (χ1v) is 7.81. The zero-order chi connectivity index (χ0) is 18.2. The minimum Gasteiger partial charge on any atom is -0.478 e. The third-order valence-electron chi connectivity index (χ3n) is 4.44. The van der Waals surface area contributed by atoms with Crippen molar-refractivity contribution >= 4 is 23.5 Å². The largest absolute Gasteiger partial charge is 0.478 e. The van der Waals surface area contributed by atoms with E-state index in [1.54, 1.807) is 31.2 Å². The van der Waals surface area contributed by atoms with Crippen LogP contribution in [0, 0.1) is 12.3 Å². The molecule has 3 rings (SSSR count). The number of aromatic carboxylic acids is 1. The normalized spacial score (nSPS) is 14.6. The summed E-state index contributed by atoms with van der Waals surface area (Å²) >= 11 is 0. The highest BCUT2D eigenvalue weighted by Crippen LogP contribution is 2.46. The summed E-state index contributed by atoms with van der Waals surface area (Å²) in [6, 6.07) is 6.88. The van der Waals surface area contributed by atoms with Gasteiger partial charge >= 0.3 is 5.97 Å². The number of hydrogen-bond acceptors (Lipinski definition) is 4. The Kier molecular flexibility index (Phi) is 4.03. The number of rotatable bonds is 5. The fourth-order valence-electron chi connectivity index (χ4n) is 2.77. The van der Waals surface area contributed by atoms with E-state index in [2.05, 4.69) is 15.7 Å². The van der Waals surface area contributed by atoms with Crippen LogP contribution in [0.4, 0.5) is 5.69 Å². The molecule has 8 heteroatoms. The number of nitrogens with zero attached hydrogens (tertiary/aromatic N) is 2. The van der Waals surface area contributed by atoms with E-state index in [1.807, 2.05) is 0 Å². The molecule has 130 valence electrons. The van der Waals surface area contributed by atoms with E-state index in [9.17, 15) is 14.4 Å². The van der Waals surface area contributed by atoms with Crippen LogP contribution in [0.5, 0.6) is 0 Å². The molecule has 1 aliphatic rings. The van der Waals surface area contributed by atoms with Gasteiger partial charge in [0.1, 0.15) is 11.0 Å². The highest BCUT2D eigenvalue weighted by molar-refractivity contribution is 6.13. The van der Waals surface area contributed by atoms with Crippen LogP contribution in [-0.4, -0.2) is 39.7 Å². The van der Waals surface area contributed by atoms with Crippen molar-refractivity contribution in [3.05, 3.63) is 41.7 Å². The smallest absolute Gasteiger partial charge is 0.339 e. The molecule has 0 spiro atoms. The number of carbonyl (C=O) groups is 3. The number of carboxylic acid groups (broad SMARTS) is 1. The predicted molar refractivity (Wildman–Crippen MR) is 89.6 cm³/mol. The van der Waals surface area contributed by atoms with E-state index in [0.29, 0.717) is 29.9 Å². The second-order valence-electron chi connectivity index (χ2n) is 6.03. The molecule has 0 radical (unpaired) electrons. The van der Waals surface area contributed by atoms with Gasteiger partial charge in [0.2, 0.25) is 11.8 Å². The van der Waals surface area contributed by atoms with Crippen LogP contribution in [0.1, 0.15) is 28.9 Å². The second-order valence-corrected chi connectivity index (χ2v) is 6.03. The van der Waals surface area contributed by atoms with Gasteiger partial charge in [0.15, 0.2) is 0 Å². The number of aromatic nitrogens is 2. The molecule has 3 N–H and O–H groups in total. The lowest BCUT2D eigenvalue weighted by Gasteiger charge is -2.14. The Morgan fingerprint density at radius 2 is 1.96 bits per heavy atom. The first kappa shape index (κ1) is 16.7. The van der Waals surface area contributed by atoms with Gasteiger partial charge < -0.3 is 15.7 Å². The first-order valence-electron chi connectivity index (χ1n) is 7.81. The summed E-state index contributed by atoms with van der Waals surface area (Å²) in [5.41, 5.74) is 0.756. The fourth-order valence-corrected chi connectivity index (χ4v) is 2.77. The minimum atomic E-state index is -1.05. The average Bonchev–Trinajstić information content (AvgIpc) is 3.31. The average molecular weight is 342 g/mol. The molecule has 1 aromatic heterocycles. The van der Waals surface area contributed by atoms with Crippen LogP contribution in [-0.2, 0) is 9.59 Å². The molecule has 0 bridgehead atoms. The molecular formula is C17H18N4O4. The highest BCUT2D eigenvalue weighted by Gasteiger charge is 2.56. The third kappa shape index (κ3) is 2.86. The third-order valence-corrected chi connectivity index (χ3v) is 4.44. The van der Waals surface area contributed by atoms with Crippen molar-refractivity contribution in [2.45, 2.75) is 19.8 Å². The minimum absolute atomic E-state index is 0.117. The molecule has 25 heavy (non-hydrogen) atoms. The van der Waals surface area contributed by atoms with Crippen molar-refractivity contribution in [3.63, 3.8) is 0 Å². The number of amides is 2. The van der Waals surface area contributed by atoms with Crippen LogP contribution in [0.25, 0.3) is 5.69 Å². The van der Waals surface area contributed by atoms with Crippen molar-refractivity contribution in [3.8, 4) is 5.69 Å². The highest BCUT2D eigenvalue weighted by atomic mass is 16.4. The maximum atomic E-state index is 12.4. The Morgan fingerprint density at radius 3 is 2.52 bits per heavy atom. The van der Waals surface area contributed by atoms with Gasteiger partial charge in [0.25, 0.3) is 0 Å². The van der Waals surface area contributed by atoms with Gasteiger partial charge in [-0.15, -0.1) is 0 Å². The Hall–Kier alpha value is -3.16. The zero-order valence-electron chi connectivity index (χ0n) is 13.9. The summed E-state index contributed by atoms with van der Waals surface area (Å²) in [6.07, 6.45) is 2.34. The molecule has 1 fully saturated rings. The molecule has 1 aliphatic carbocycles. The lowest BCUT2D eigenvalue weighted by Crippen LogP contribution is -2.38. The molecule has 1 aromatic carbocycles. The fraction of sp³-hybridized carbons (Fsp3) is 0.294. The lowest BCUT2D eigenvalue weighted by atomic mass is 10.1. The molecule has 1 saturated carbocycles. The molecular weight excluding hydrogens is 324 g/mol. The number of carboxylic acids is 1. The van der Waals surface area contributed by atoms with Gasteiger partial charge in [0.05, 0.1) is 17.6 Å². The van der Waals surface area contributed by atoms with E-state index >= 15 is 0 Å². The van der Waals surface area contributed by atoms with E-state index in [0.717, 1.165) is 0 Å². The van der Waals surface area contributed by atoms with E-state index in [4.69, 9.17) is 5.11 Å². The standard InChI is InChI=1S/C17H18N4O4/c1-10-13(14(22)23)9-19-21(10)12-5-3-4-11(8-12)20-16(25)17(6-7-17)15(24)18-2/h3-5,8-9H,6-7H2,1-2H3,(H,18,24)(H,20,25)(H,22,23). The zero-order valence-corrected chi connectivity index (χ0v) is 13.9. The van der Waals surface area contributed by atoms with Crippen LogP contribution in [0.3, 0.4) is 0 Å². The number of nitrogens with one attached hydrogen (secondary N) is 2. The Morgan fingerprint density at radius 1 is 1.24 bits per heavy atom. The summed E-state index contributed by atoms with van der Waals surface area (Å²) in [6.45, 7) is 1.66. The molecule has 2 amide bonds. The van der Waals surface area contributed by atoms with Crippen molar-refractivity contribution in [1.82, 2.24) is 15.1 Å². The number of anilines is 1. The molecule has 8 nitrogen and oxygen atoms in total. The van der Waals surface area contributed by atoms with Crippen molar-refractivity contribution < 1.29 is 19.5 Å². The first-order chi connectivity index (χ1) is 11.9. The van der Waals surface area contributed by atoms with Crippen LogP contribution in [0.2, 0.25) is 0 Å². The Labute approximate surface area is 143 Å². The van der Waals surface area contributed by atoms with Crippen LogP contribution >= 0.6 is 0 Å². The Balaban J connectivity index is 1.84. The number of carbonyl (C=O) groups excluding carboxylic acids is 2. The SMILES string of the molecule is CNC(=O)C1(C(=O)Nc2cccc(-n3ncc(C(=O)O)c3C)c2)CC1. The predicted octanol–water partition coefficient (Wildman–Crippen LogP) is 1.34. The molecule has 2 aromatic rings. The lowest BCUT2D eigenvalue weighted by molar-refractivity contribution is -0.134. The van der Waals surface area contributed by atoms with Crippen molar-refractivity contribution in [2.75, 3.05) is 12.4 Å². The maximum Gasteiger partial charge on any atom is 0.339 e. The van der Waals surface area contributed by atoms with Gasteiger partial charge in [-0.1, -0.05) is 6.07 Å². The molecule has 0 atom stereocenters. The number of hydrogen-bond donors (Lipinski definition) is 3. The van der Waals surface area contributed by atoms with Crippen LogP contribution < -0.4 is 10.6 Å². The van der Waals surface area contributed by atoms with Gasteiger partial charge in [-0.3, -0.25) is 9.59 Å². The maximum absolute atomic E-state index is 12.4.